The molecule has 0 aromatic heterocycles. The van der Waals surface area contributed by atoms with Crippen molar-refractivity contribution in [2.45, 2.75) is 30.9 Å². The Morgan fingerprint density at radius 1 is 1.44 bits per heavy atom. The fourth-order valence-corrected chi connectivity index (χ4v) is 3.32. The van der Waals surface area contributed by atoms with E-state index in [1.807, 2.05) is 31.2 Å². The first-order valence-corrected chi connectivity index (χ1v) is 7.28. The molecule has 0 bridgehead atoms. The number of carbonyl (C=O) groups excluding carboxylic acids is 1. The molecular formula is C14H19NO2S. The number of aliphatic hydroxyl groups is 1. The van der Waals surface area contributed by atoms with Crippen molar-refractivity contribution in [3.05, 3.63) is 29.8 Å². The second-order valence-corrected chi connectivity index (χ2v) is 6.41. The predicted molar refractivity (Wildman–Crippen MR) is 76.0 cm³/mol. The van der Waals surface area contributed by atoms with Gasteiger partial charge in [-0.2, -0.15) is 0 Å². The maximum atomic E-state index is 12.2. The van der Waals surface area contributed by atoms with E-state index in [0.29, 0.717) is 6.42 Å². The largest absolute Gasteiger partial charge is 0.396 e. The van der Waals surface area contributed by atoms with Crippen molar-refractivity contribution >= 4 is 23.4 Å². The fraction of sp³-hybridized carbons (Fsp3) is 0.500. The van der Waals surface area contributed by atoms with Crippen LogP contribution in [0.5, 0.6) is 0 Å². The highest BCUT2D eigenvalue weighted by molar-refractivity contribution is 8.01. The molecule has 18 heavy (non-hydrogen) atoms. The van der Waals surface area contributed by atoms with E-state index < -0.39 is 0 Å². The number of thioether (sulfide) groups is 1. The minimum Gasteiger partial charge on any atom is -0.396 e. The topological polar surface area (TPSA) is 49.3 Å². The summed E-state index contributed by atoms with van der Waals surface area (Å²) >= 11 is 1.74. The SMILES string of the molecule is CC1(C(=O)Nc2ccc(CCO)cc2)CCCS1. The summed E-state index contributed by atoms with van der Waals surface area (Å²) in [5.74, 6) is 1.17. The van der Waals surface area contributed by atoms with Gasteiger partial charge >= 0.3 is 0 Å². The van der Waals surface area contributed by atoms with Crippen LogP contribution >= 0.6 is 11.8 Å². The van der Waals surface area contributed by atoms with E-state index in [4.69, 9.17) is 5.11 Å². The molecule has 1 aromatic carbocycles. The van der Waals surface area contributed by atoms with Crippen molar-refractivity contribution in [2.75, 3.05) is 17.7 Å². The van der Waals surface area contributed by atoms with E-state index in [9.17, 15) is 4.79 Å². The monoisotopic (exact) mass is 265 g/mol. The summed E-state index contributed by atoms with van der Waals surface area (Å²) in [7, 11) is 0. The highest BCUT2D eigenvalue weighted by Crippen LogP contribution is 2.38. The average Bonchev–Trinajstić information content (AvgIpc) is 2.80. The molecule has 1 heterocycles. The quantitative estimate of drug-likeness (QED) is 0.879. The number of amides is 1. The van der Waals surface area contributed by atoms with Crippen molar-refractivity contribution in [3.63, 3.8) is 0 Å². The zero-order chi connectivity index (χ0) is 13.0. The Labute approximate surface area is 112 Å². The van der Waals surface area contributed by atoms with Gasteiger partial charge in [-0.1, -0.05) is 12.1 Å². The van der Waals surface area contributed by atoms with Gasteiger partial charge in [0.05, 0.1) is 4.75 Å². The Hall–Kier alpha value is -1.00. The molecular weight excluding hydrogens is 246 g/mol. The van der Waals surface area contributed by atoms with Gasteiger partial charge in [0, 0.05) is 12.3 Å². The fourth-order valence-electron chi connectivity index (χ4n) is 2.11. The molecule has 0 spiro atoms. The molecule has 2 N–H and O–H groups in total. The molecule has 1 fully saturated rings. The summed E-state index contributed by atoms with van der Waals surface area (Å²) < 4.78 is -0.274. The number of benzene rings is 1. The van der Waals surface area contributed by atoms with Gasteiger partial charge in [0.2, 0.25) is 5.91 Å². The standard InChI is InChI=1S/C14H19NO2S/c1-14(8-2-10-18-14)13(17)15-12-5-3-11(4-6-12)7-9-16/h3-6,16H,2,7-10H2,1H3,(H,15,17). The Bertz CT molecular complexity index is 410. The average molecular weight is 265 g/mol. The Balaban J connectivity index is 1.98. The lowest BCUT2D eigenvalue weighted by Gasteiger charge is -2.21. The van der Waals surface area contributed by atoms with Gasteiger partial charge in [-0.25, -0.2) is 0 Å². The number of aliphatic hydroxyl groups excluding tert-OH is 1. The van der Waals surface area contributed by atoms with Crippen LogP contribution in [0.25, 0.3) is 0 Å². The summed E-state index contributed by atoms with van der Waals surface area (Å²) in [5, 5.41) is 11.8. The predicted octanol–water partition coefficient (Wildman–Crippen LogP) is 2.45. The normalized spacial score (nSPS) is 23.0. The summed E-state index contributed by atoms with van der Waals surface area (Å²) in [5.41, 5.74) is 1.91. The minimum absolute atomic E-state index is 0.0971. The lowest BCUT2D eigenvalue weighted by Crippen LogP contribution is -2.34. The first kappa shape index (κ1) is 13.4. The summed E-state index contributed by atoms with van der Waals surface area (Å²) in [6.07, 6.45) is 2.72. The summed E-state index contributed by atoms with van der Waals surface area (Å²) in [4.78, 5) is 12.2. The number of hydrogen-bond donors (Lipinski definition) is 2. The highest BCUT2D eigenvalue weighted by atomic mass is 32.2. The van der Waals surface area contributed by atoms with Crippen LogP contribution in [0.2, 0.25) is 0 Å². The van der Waals surface area contributed by atoms with Crippen LogP contribution < -0.4 is 5.32 Å². The molecule has 0 aliphatic carbocycles. The molecule has 1 atom stereocenters. The van der Waals surface area contributed by atoms with Crippen LogP contribution in [-0.2, 0) is 11.2 Å². The lowest BCUT2D eigenvalue weighted by molar-refractivity contribution is -0.118. The van der Waals surface area contributed by atoms with Gasteiger partial charge in [0.15, 0.2) is 0 Å². The molecule has 1 aliphatic rings. The molecule has 98 valence electrons. The van der Waals surface area contributed by atoms with Crippen LogP contribution in [0, 0.1) is 0 Å². The lowest BCUT2D eigenvalue weighted by atomic mass is 10.0. The molecule has 2 rings (SSSR count). The maximum Gasteiger partial charge on any atom is 0.240 e. The maximum absolute atomic E-state index is 12.2. The first-order chi connectivity index (χ1) is 8.64. The number of carbonyl (C=O) groups is 1. The van der Waals surface area contributed by atoms with Crippen molar-refractivity contribution in [3.8, 4) is 0 Å². The second kappa shape index (κ2) is 5.76. The molecule has 1 aromatic rings. The Morgan fingerprint density at radius 2 is 2.17 bits per heavy atom. The molecule has 1 saturated heterocycles. The third-order valence-corrected chi connectivity index (χ3v) is 4.83. The highest BCUT2D eigenvalue weighted by Gasteiger charge is 2.37. The third kappa shape index (κ3) is 3.06. The van der Waals surface area contributed by atoms with Gasteiger partial charge in [0.1, 0.15) is 0 Å². The van der Waals surface area contributed by atoms with Crippen LogP contribution in [0.15, 0.2) is 24.3 Å². The Morgan fingerprint density at radius 3 is 2.72 bits per heavy atom. The van der Waals surface area contributed by atoms with Gasteiger partial charge in [-0.3, -0.25) is 4.79 Å². The molecule has 1 unspecified atom stereocenters. The summed E-state index contributed by atoms with van der Waals surface area (Å²) in [6.45, 7) is 2.17. The molecule has 4 heteroatoms. The van der Waals surface area contributed by atoms with Gasteiger partial charge in [0.25, 0.3) is 0 Å². The first-order valence-electron chi connectivity index (χ1n) is 6.29. The number of hydrogen-bond acceptors (Lipinski definition) is 3. The number of anilines is 1. The smallest absolute Gasteiger partial charge is 0.240 e. The number of nitrogens with one attached hydrogen (secondary N) is 1. The van der Waals surface area contributed by atoms with E-state index >= 15 is 0 Å². The van der Waals surface area contributed by atoms with Gasteiger partial charge < -0.3 is 10.4 Å². The van der Waals surface area contributed by atoms with Crippen LogP contribution in [-0.4, -0.2) is 28.1 Å². The molecule has 0 saturated carbocycles. The zero-order valence-electron chi connectivity index (χ0n) is 10.6. The van der Waals surface area contributed by atoms with E-state index in [2.05, 4.69) is 5.32 Å². The van der Waals surface area contributed by atoms with Crippen molar-refractivity contribution in [2.24, 2.45) is 0 Å². The molecule has 3 nitrogen and oxygen atoms in total. The van der Waals surface area contributed by atoms with Crippen LogP contribution in [0.4, 0.5) is 5.69 Å². The van der Waals surface area contributed by atoms with Crippen molar-refractivity contribution in [1.82, 2.24) is 0 Å². The minimum atomic E-state index is -0.274. The van der Waals surface area contributed by atoms with Gasteiger partial charge in [-0.05, 0) is 49.6 Å². The summed E-state index contributed by atoms with van der Waals surface area (Å²) in [6, 6.07) is 7.67. The second-order valence-electron chi connectivity index (χ2n) is 4.81. The van der Waals surface area contributed by atoms with E-state index in [1.165, 1.54) is 0 Å². The van der Waals surface area contributed by atoms with Crippen LogP contribution in [0.3, 0.4) is 0 Å². The zero-order valence-corrected chi connectivity index (χ0v) is 11.4. The van der Waals surface area contributed by atoms with E-state index in [-0.39, 0.29) is 17.3 Å². The third-order valence-electron chi connectivity index (χ3n) is 3.31. The number of rotatable bonds is 4. The van der Waals surface area contributed by atoms with E-state index in [1.54, 1.807) is 11.8 Å². The molecule has 1 amide bonds. The molecule has 1 aliphatic heterocycles. The Kier molecular flexibility index (Phi) is 4.30. The van der Waals surface area contributed by atoms with Crippen molar-refractivity contribution < 1.29 is 9.90 Å². The van der Waals surface area contributed by atoms with E-state index in [0.717, 1.165) is 29.8 Å². The van der Waals surface area contributed by atoms with Crippen LogP contribution in [0.1, 0.15) is 25.3 Å². The van der Waals surface area contributed by atoms with Crippen molar-refractivity contribution in [1.29, 1.82) is 0 Å². The van der Waals surface area contributed by atoms with Gasteiger partial charge in [-0.15, -0.1) is 11.8 Å². The molecule has 0 radical (unpaired) electrons.